The van der Waals surface area contributed by atoms with Crippen molar-refractivity contribution in [1.29, 1.82) is 0 Å². The number of hydrogen-bond acceptors (Lipinski definition) is 6. The van der Waals surface area contributed by atoms with Crippen LogP contribution in [0.25, 0.3) is 0 Å². The van der Waals surface area contributed by atoms with Gasteiger partial charge < -0.3 is 20.1 Å². The molecule has 0 aromatic heterocycles. The van der Waals surface area contributed by atoms with Gasteiger partial charge >= 0.3 is 5.97 Å². The minimum atomic E-state index is -0.576. The van der Waals surface area contributed by atoms with Crippen LogP contribution in [0, 0.1) is 0 Å². The lowest BCUT2D eigenvalue weighted by molar-refractivity contribution is -0.147. The third-order valence-corrected chi connectivity index (χ3v) is 4.08. The minimum Gasteiger partial charge on any atom is -0.495 e. The average molecular weight is 412 g/mol. The molecule has 0 unspecified atom stereocenters. The summed E-state index contributed by atoms with van der Waals surface area (Å²) in [5, 5.41) is 5.28. The molecular formula is C22H24N2O6. The van der Waals surface area contributed by atoms with E-state index in [0.717, 1.165) is 0 Å². The Labute approximate surface area is 174 Å². The summed E-state index contributed by atoms with van der Waals surface area (Å²) < 4.78 is 10.1. The van der Waals surface area contributed by atoms with E-state index in [-0.39, 0.29) is 31.0 Å². The Morgan fingerprint density at radius 3 is 2.40 bits per heavy atom. The first-order chi connectivity index (χ1) is 14.4. The highest BCUT2D eigenvalue weighted by Crippen LogP contribution is 2.23. The van der Waals surface area contributed by atoms with Crippen LogP contribution in [-0.2, 0) is 19.1 Å². The summed E-state index contributed by atoms with van der Waals surface area (Å²) in [5.41, 5.74) is 1.46. The molecule has 2 aromatic carbocycles. The van der Waals surface area contributed by atoms with Crippen LogP contribution in [-0.4, -0.2) is 37.3 Å². The molecule has 2 aromatic rings. The molecule has 8 nitrogen and oxygen atoms in total. The monoisotopic (exact) mass is 412 g/mol. The topological polar surface area (TPSA) is 111 Å². The van der Waals surface area contributed by atoms with Crippen molar-refractivity contribution in [3.63, 3.8) is 0 Å². The first-order valence-electron chi connectivity index (χ1n) is 9.38. The zero-order chi connectivity index (χ0) is 21.9. The fraction of sp³-hybridized carbons (Fsp3) is 0.273. The smallest absolute Gasteiger partial charge is 0.306 e. The summed E-state index contributed by atoms with van der Waals surface area (Å²) in [6, 6.07) is 13.5. The van der Waals surface area contributed by atoms with Gasteiger partial charge in [0.05, 0.1) is 12.8 Å². The number of ketones is 1. The van der Waals surface area contributed by atoms with Crippen LogP contribution in [0.4, 0.5) is 11.4 Å². The summed E-state index contributed by atoms with van der Waals surface area (Å²) in [7, 11) is 1.51. The Hall–Kier alpha value is -3.68. The third-order valence-electron chi connectivity index (χ3n) is 4.08. The number of rotatable bonds is 10. The lowest BCUT2D eigenvalue weighted by atomic mass is 10.1. The van der Waals surface area contributed by atoms with Gasteiger partial charge in [-0.15, -0.1) is 0 Å². The van der Waals surface area contributed by atoms with E-state index in [1.165, 1.54) is 14.0 Å². The maximum atomic E-state index is 12.0. The van der Waals surface area contributed by atoms with Gasteiger partial charge in [0.25, 0.3) is 5.91 Å². The summed E-state index contributed by atoms with van der Waals surface area (Å²) in [4.78, 5) is 47.0. The number of benzene rings is 2. The molecule has 0 saturated carbocycles. The van der Waals surface area contributed by atoms with Gasteiger partial charge in [-0.25, -0.2) is 0 Å². The van der Waals surface area contributed by atoms with Gasteiger partial charge in [-0.2, -0.15) is 0 Å². The number of para-hydroxylation sites is 2. The van der Waals surface area contributed by atoms with E-state index in [1.807, 2.05) is 0 Å². The van der Waals surface area contributed by atoms with Crippen LogP contribution in [0.3, 0.4) is 0 Å². The molecule has 0 bridgehead atoms. The van der Waals surface area contributed by atoms with Crippen molar-refractivity contribution in [2.75, 3.05) is 24.4 Å². The van der Waals surface area contributed by atoms with Gasteiger partial charge in [0.2, 0.25) is 5.91 Å². The van der Waals surface area contributed by atoms with Crippen molar-refractivity contribution in [3.8, 4) is 5.75 Å². The Morgan fingerprint density at radius 2 is 1.67 bits per heavy atom. The fourth-order valence-corrected chi connectivity index (χ4v) is 2.59. The van der Waals surface area contributed by atoms with Crippen molar-refractivity contribution in [3.05, 3.63) is 54.1 Å². The van der Waals surface area contributed by atoms with Crippen LogP contribution in [0.15, 0.2) is 48.5 Å². The first-order valence-corrected chi connectivity index (χ1v) is 9.38. The predicted octanol–water partition coefficient (Wildman–Crippen LogP) is 3.19. The van der Waals surface area contributed by atoms with Crippen molar-refractivity contribution >= 4 is 34.9 Å². The molecular weight excluding hydrogens is 388 g/mol. The molecule has 2 amide bonds. The minimum absolute atomic E-state index is 0.00640. The number of hydrogen-bond donors (Lipinski definition) is 2. The van der Waals surface area contributed by atoms with Crippen LogP contribution in [0.1, 0.15) is 36.5 Å². The maximum absolute atomic E-state index is 12.0. The lowest BCUT2D eigenvalue weighted by Crippen LogP contribution is -2.21. The second-order valence-corrected chi connectivity index (χ2v) is 6.45. The van der Waals surface area contributed by atoms with Crippen molar-refractivity contribution in [2.24, 2.45) is 0 Å². The van der Waals surface area contributed by atoms with E-state index < -0.39 is 18.5 Å². The van der Waals surface area contributed by atoms with E-state index in [9.17, 15) is 19.2 Å². The average Bonchev–Trinajstić information content (AvgIpc) is 2.73. The van der Waals surface area contributed by atoms with E-state index in [4.69, 9.17) is 9.47 Å². The molecule has 0 aliphatic heterocycles. The highest BCUT2D eigenvalue weighted by Gasteiger charge is 2.11. The molecule has 0 spiro atoms. The van der Waals surface area contributed by atoms with E-state index in [2.05, 4.69) is 10.6 Å². The van der Waals surface area contributed by atoms with Gasteiger partial charge in [-0.1, -0.05) is 24.3 Å². The molecule has 0 atom stereocenters. The van der Waals surface area contributed by atoms with Crippen LogP contribution < -0.4 is 15.4 Å². The second kappa shape index (κ2) is 11.4. The van der Waals surface area contributed by atoms with Gasteiger partial charge in [0.15, 0.2) is 12.4 Å². The number of nitrogens with one attached hydrogen (secondary N) is 2. The van der Waals surface area contributed by atoms with Crippen LogP contribution >= 0.6 is 0 Å². The Balaban J connectivity index is 1.68. The molecule has 2 N–H and O–H groups in total. The second-order valence-electron chi connectivity index (χ2n) is 6.45. The third kappa shape index (κ3) is 7.38. The van der Waals surface area contributed by atoms with Gasteiger partial charge in [0.1, 0.15) is 5.75 Å². The van der Waals surface area contributed by atoms with Crippen LogP contribution in [0.5, 0.6) is 5.75 Å². The molecule has 30 heavy (non-hydrogen) atoms. The zero-order valence-electron chi connectivity index (χ0n) is 16.9. The number of methoxy groups -OCH3 is 1. The van der Waals surface area contributed by atoms with Crippen LogP contribution in [0.2, 0.25) is 0 Å². The molecule has 8 heteroatoms. The number of anilines is 2. The molecule has 0 fully saturated rings. The van der Waals surface area contributed by atoms with Gasteiger partial charge in [0, 0.05) is 24.1 Å². The molecule has 2 rings (SSSR count). The van der Waals surface area contributed by atoms with Crippen molar-refractivity contribution in [2.45, 2.75) is 26.2 Å². The van der Waals surface area contributed by atoms with E-state index >= 15 is 0 Å². The Bertz CT molecular complexity index is 925. The maximum Gasteiger partial charge on any atom is 0.306 e. The molecule has 0 saturated heterocycles. The summed E-state index contributed by atoms with van der Waals surface area (Å²) >= 11 is 0. The standard InChI is InChI=1S/C22H24N2O6/c1-15(25)16-7-5-8-17(13-16)23-21(27)14-30-22(28)12-6-11-20(26)24-18-9-3-4-10-19(18)29-2/h3-5,7-10,13H,6,11-12,14H2,1-2H3,(H,23,27)(H,24,26). The largest absolute Gasteiger partial charge is 0.495 e. The molecule has 0 aliphatic carbocycles. The molecule has 0 aliphatic rings. The Morgan fingerprint density at radius 1 is 0.900 bits per heavy atom. The number of amides is 2. The fourth-order valence-electron chi connectivity index (χ4n) is 2.59. The molecule has 0 heterocycles. The Kier molecular flexibility index (Phi) is 8.56. The molecule has 158 valence electrons. The quantitative estimate of drug-likeness (QED) is 0.458. The number of Topliss-reactive ketones (excluding diaryl/α,β-unsaturated/α-hetero) is 1. The normalized spacial score (nSPS) is 10.1. The van der Waals surface area contributed by atoms with E-state index in [0.29, 0.717) is 22.7 Å². The SMILES string of the molecule is COc1ccccc1NC(=O)CCCC(=O)OCC(=O)Nc1cccc(C(C)=O)c1. The summed E-state index contributed by atoms with van der Waals surface area (Å²) in [5.74, 6) is -0.918. The van der Waals surface area contributed by atoms with Crippen molar-refractivity contribution < 1.29 is 28.7 Å². The number of ether oxygens (including phenoxy) is 2. The number of carbonyl (C=O) groups excluding carboxylic acids is 4. The first kappa shape index (κ1) is 22.6. The molecule has 0 radical (unpaired) electrons. The summed E-state index contributed by atoms with van der Waals surface area (Å²) in [6.45, 7) is 0.982. The zero-order valence-corrected chi connectivity index (χ0v) is 16.9. The lowest BCUT2D eigenvalue weighted by Gasteiger charge is -2.10. The number of carbonyl (C=O) groups is 4. The predicted molar refractivity (Wildman–Crippen MR) is 112 cm³/mol. The van der Waals surface area contributed by atoms with Gasteiger partial charge in [-0.05, 0) is 37.6 Å². The van der Waals surface area contributed by atoms with Gasteiger partial charge in [-0.3, -0.25) is 19.2 Å². The summed E-state index contributed by atoms with van der Waals surface area (Å²) in [6.07, 6.45) is 0.408. The highest BCUT2D eigenvalue weighted by atomic mass is 16.5. The number of esters is 1. The van der Waals surface area contributed by atoms with Crippen molar-refractivity contribution in [1.82, 2.24) is 0 Å². The highest BCUT2D eigenvalue weighted by molar-refractivity contribution is 5.97. The van der Waals surface area contributed by atoms with E-state index in [1.54, 1.807) is 48.5 Å².